The minimum atomic E-state index is -0.0641. The lowest BCUT2D eigenvalue weighted by Crippen LogP contribution is -2.27. The average Bonchev–Trinajstić information content (AvgIpc) is 2.78. The molecule has 0 fully saturated rings. The van der Waals surface area contributed by atoms with E-state index in [4.69, 9.17) is 20.1 Å². The highest BCUT2D eigenvalue weighted by Crippen LogP contribution is 1.96. The monoisotopic (exact) mass is 450 g/mol. The molecule has 0 atom stereocenters. The molecule has 186 valence electrons. The highest BCUT2D eigenvalue weighted by Gasteiger charge is 2.04. The lowest BCUT2D eigenvalue weighted by Gasteiger charge is -2.08. The van der Waals surface area contributed by atoms with Crippen molar-refractivity contribution in [1.82, 2.24) is 16.0 Å². The Kier molecular flexibility index (Phi) is 29.5. The smallest absolute Gasteiger partial charge is 0.220 e. The van der Waals surface area contributed by atoms with Gasteiger partial charge in [-0.15, -0.1) is 0 Å². The molecule has 10 heteroatoms. The van der Waals surface area contributed by atoms with Gasteiger partial charge in [0.2, 0.25) is 11.8 Å². The van der Waals surface area contributed by atoms with Crippen molar-refractivity contribution in [1.29, 1.82) is 0 Å². The van der Waals surface area contributed by atoms with Crippen molar-refractivity contribution in [2.75, 3.05) is 72.9 Å². The van der Waals surface area contributed by atoms with E-state index in [0.29, 0.717) is 78.4 Å². The first-order valence-corrected chi connectivity index (χ1v) is 11.4. The molecule has 2 amide bonds. The Bertz CT molecular complexity index is 389. The minimum absolute atomic E-state index is 0.0487. The van der Waals surface area contributed by atoms with E-state index in [1.165, 1.54) is 0 Å². The third-order valence-electron chi connectivity index (χ3n) is 3.82. The lowest BCUT2D eigenvalue weighted by molar-refractivity contribution is -0.122. The highest BCUT2D eigenvalue weighted by molar-refractivity contribution is 5.78. The molecule has 5 N–H and O–H groups in total. The van der Waals surface area contributed by atoms with E-state index in [9.17, 15) is 9.59 Å². The summed E-state index contributed by atoms with van der Waals surface area (Å²) in [6.45, 7) is 9.99. The van der Waals surface area contributed by atoms with Crippen LogP contribution in [-0.2, 0) is 28.6 Å². The topological polar surface area (TPSA) is 133 Å². The van der Waals surface area contributed by atoms with E-state index in [0.717, 1.165) is 26.0 Å². The standard InChI is InChI=1S/C19H40N4O6.C2H6/c1-21-8-3-11-26-14-16-28-17-15-27-12-4-9-22-18(24)6-2-7-19(25)23-10-5-13-29-20;1-2/h21H,2-17,20H2,1H3,(H,22,24)(H,23,25);1-2H3. The second-order valence-electron chi connectivity index (χ2n) is 6.43. The summed E-state index contributed by atoms with van der Waals surface area (Å²) < 4.78 is 16.3. The van der Waals surface area contributed by atoms with Crippen molar-refractivity contribution in [3.05, 3.63) is 0 Å². The van der Waals surface area contributed by atoms with Crippen LogP contribution in [0.3, 0.4) is 0 Å². The minimum Gasteiger partial charge on any atom is -0.379 e. The molecule has 0 spiro atoms. The maximum Gasteiger partial charge on any atom is 0.220 e. The largest absolute Gasteiger partial charge is 0.379 e. The predicted molar refractivity (Wildman–Crippen MR) is 122 cm³/mol. The summed E-state index contributed by atoms with van der Waals surface area (Å²) in [4.78, 5) is 27.6. The number of nitrogens with two attached hydrogens (primary N) is 1. The molecular formula is C21H46N4O6. The molecule has 0 rings (SSSR count). The van der Waals surface area contributed by atoms with Gasteiger partial charge in [-0.1, -0.05) is 13.8 Å². The number of hydrogen-bond donors (Lipinski definition) is 4. The van der Waals surface area contributed by atoms with E-state index < -0.39 is 0 Å². The Hall–Kier alpha value is -1.30. The van der Waals surface area contributed by atoms with Crippen LogP contribution < -0.4 is 21.8 Å². The van der Waals surface area contributed by atoms with Crippen molar-refractivity contribution in [2.45, 2.75) is 52.4 Å². The molecule has 0 saturated heterocycles. The molecule has 0 aromatic heterocycles. The third-order valence-corrected chi connectivity index (χ3v) is 3.82. The number of rotatable bonds is 22. The molecule has 0 saturated carbocycles. The van der Waals surface area contributed by atoms with Gasteiger partial charge in [0.15, 0.2) is 0 Å². The molecule has 10 nitrogen and oxygen atoms in total. The number of nitrogens with one attached hydrogen (secondary N) is 3. The molecule has 0 bridgehead atoms. The Morgan fingerprint density at radius 3 is 1.52 bits per heavy atom. The highest BCUT2D eigenvalue weighted by atomic mass is 16.6. The molecular weight excluding hydrogens is 404 g/mol. The molecule has 0 aromatic rings. The zero-order chi connectivity index (χ0) is 23.4. The van der Waals surface area contributed by atoms with Gasteiger partial charge in [-0.05, 0) is 39.3 Å². The van der Waals surface area contributed by atoms with Crippen LogP contribution >= 0.6 is 0 Å². The van der Waals surface area contributed by atoms with E-state index >= 15 is 0 Å². The van der Waals surface area contributed by atoms with Crippen LogP contribution in [0.15, 0.2) is 0 Å². The van der Waals surface area contributed by atoms with Gasteiger partial charge in [0, 0.05) is 39.1 Å². The van der Waals surface area contributed by atoms with Gasteiger partial charge in [-0.3, -0.25) is 9.59 Å². The number of ether oxygens (including phenoxy) is 3. The van der Waals surface area contributed by atoms with Gasteiger partial charge in [0.25, 0.3) is 0 Å². The predicted octanol–water partition coefficient (Wildman–Crippen LogP) is 0.745. The Balaban J connectivity index is 0. The summed E-state index contributed by atoms with van der Waals surface area (Å²) in [7, 11) is 1.92. The first kappa shape index (κ1) is 31.9. The van der Waals surface area contributed by atoms with Crippen LogP contribution in [0.5, 0.6) is 0 Å². The number of carbonyl (C=O) groups excluding carboxylic acids is 2. The molecule has 0 aromatic carbocycles. The molecule has 31 heavy (non-hydrogen) atoms. The van der Waals surface area contributed by atoms with Crippen LogP contribution in [0.25, 0.3) is 0 Å². The molecule has 0 radical (unpaired) electrons. The van der Waals surface area contributed by atoms with E-state index in [1.807, 2.05) is 20.9 Å². The van der Waals surface area contributed by atoms with E-state index in [-0.39, 0.29) is 11.8 Å². The van der Waals surface area contributed by atoms with Crippen molar-refractivity contribution >= 4 is 11.8 Å². The number of carbonyl (C=O) groups is 2. The fraction of sp³-hybridized carbons (Fsp3) is 0.905. The molecule has 0 aliphatic carbocycles. The van der Waals surface area contributed by atoms with Gasteiger partial charge in [0.05, 0.1) is 33.0 Å². The van der Waals surface area contributed by atoms with Gasteiger partial charge < -0.3 is 35.0 Å². The molecule has 0 aliphatic heterocycles. The molecule has 0 aliphatic rings. The van der Waals surface area contributed by atoms with Gasteiger partial charge in [0.1, 0.15) is 0 Å². The maximum atomic E-state index is 11.7. The Labute approximate surface area is 188 Å². The molecule has 0 heterocycles. The summed E-state index contributed by atoms with van der Waals surface area (Å²) in [5, 5.41) is 8.63. The van der Waals surface area contributed by atoms with Gasteiger partial charge in [-0.2, -0.15) is 0 Å². The fourth-order valence-corrected chi connectivity index (χ4v) is 2.26. The maximum absolute atomic E-state index is 11.7. The van der Waals surface area contributed by atoms with Crippen molar-refractivity contribution in [3.8, 4) is 0 Å². The first-order chi connectivity index (χ1) is 15.2. The van der Waals surface area contributed by atoms with Crippen LogP contribution in [0, 0.1) is 0 Å². The summed E-state index contributed by atoms with van der Waals surface area (Å²) in [6.07, 6.45) is 3.61. The summed E-state index contributed by atoms with van der Waals surface area (Å²) in [6, 6.07) is 0. The summed E-state index contributed by atoms with van der Waals surface area (Å²) >= 11 is 0. The number of amides is 2. The quantitative estimate of drug-likeness (QED) is 0.140. The van der Waals surface area contributed by atoms with E-state index in [2.05, 4.69) is 20.8 Å². The zero-order valence-electron chi connectivity index (χ0n) is 19.8. The van der Waals surface area contributed by atoms with Crippen LogP contribution in [0.2, 0.25) is 0 Å². The second-order valence-corrected chi connectivity index (χ2v) is 6.43. The third kappa shape index (κ3) is 28.7. The Morgan fingerprint density at radius 1 is 0.645 bits per heavy atom. The SMILES string of the molecule is CC.CNCCCOCCOCCOCCCNC(=O)CCCC(=O)NCCCON. The lowest BCUT2D eigenvalue weighted by atomic mass is 10.2. The van der Waals surface area contributed by atoms with Crippen LogP contribution in [0.1, 0.15) is 52.4 Å². The summed E-state index contributed by atoms with van der Waals surface area (Å²) in [5.74, 6) is 4.78. The van der Waals surface area contributed by atoms with Gasteiger partial charge in [-0.25, -0.2) is 5.90 Å². The zero-order valence-corrected chi connectivity index (χ0v) is 19.8. The Morgan fingerprint density at radius 2 is 1.06 bits per heavy atom. The van der Waals surface area contributed by atoms with Crippen LogP contribution in [0.4, 0.5) is 0 Å². The average molecular weight is 451 g/mol. The molecule has 0 unspecified atom stereocenters. The summed E-state index contributed by atoms with van der Waals surface area (Å²) in [5.41, 5.74) is 0. The fourth-order valence-electron chi connectivity index (χ4n) is 2.26. The van der Waals surface area contributed by atoms with Crippen molar-refractivity contribution in [2.24, 2.45) is 5.90 Å². The van der Waals surface area contributed by atoms with Crippen molar-refractivity contribution < 1.29 is 28.6 Å². The first-order valence-electron chi connectivity index (χ1n) is 11.4. The van der Waals surface area contributed by atoms with Gasteiger partial charge >= 0.3 is 0 Å². The van der Waals surface area contributed by atoms with Crippen LogP contribution in [-0.4, -0.2) is 84.7 Å². The normalized spacial score (nSPS) is 10.3. The van der Waals surface area contributed by atoms with Crippen molar-refractivity contribution in [3.63, 3.8) is 0 Å². The van der Waals surface area contributed by atoms with E-state index in [1.54, 1.807) is 0 Å². The number of hydrogen-bond acceptors (Lipinski definition) is 8. The second kappa shape index (κ2) is 28.7.